The zero-order chi connectivity index (χ0) is 16.5. The molecule has 3 N–H and O–H groups in total. The monoisotopic (exact) mass is 459 g/mol. The van der Waals surface area contributed by atoms with Crippen LogP contribution in [0.25, 0.3) is 0 Å². The van der Waals surface area contributed by atoms with Crippen LogP contribution in [0.2, 0.25) is 5.02 Å². The summed E-state index contributed by atoms with van der Waals surface area (Å²) in [6.07, 6.45) is 0.819. The molecule has 2 aromatic carbocycles. The molecule has 0 aromatic heterocycles. The largest absolute Gasteiger partial charge is 0.508 e. The fourth-order valence-corrected chi connectivity index (χ4v) is 2.27. The standard InChI is InChI=1S/C18H22ClN3O.HI/c1-2-20-18(22-13-15-6-8-16(19)9-7-15)21-11-10-14-4-3-5-17(23)12-14;/h3-9,12,23H,2,10-11,13H2,1H3,(H2,20,21,22);1H. The molecule has 2 aromatic rings. The van der Waals surface area contributed by atoms with Crippen molar-refractivity contribution in [3.63, 3.8) is 0 Å². The average molecular weight is 460 g/mol. The van der Waals surface area contributed by atoms with E-state index in [1.807, 2.05) is 43.3 Å². The van der Waals surface area contributed by atoms with Gasteiger partial charge in [-0.05, 0) is 48.7 Å². The third-order valence-electron chi connectivity index (χ3n) is 3.29. The fourth-order valence-electron chi connectivity index (χ4n) is 2.14. The molecule has 0 heterocycles. The van der Waals surface area contributed by atoms with Gasteiger partial charge >= 0.3 is 0 Å². The first kappa shape index (κ1) is 20.6. The summed E-state index contributed by atoms with van der Waals surface area (Å²) >= 11 is 5.88. The molecule has 4 nitrogen and oxygen atoms in total. The predicted molar refractivity (Wildman–Crippen MR) is 111 cm³/mol. The molecule has 0 spiro atoms. The highest BCUT2D eigenvalue weighted by molar-refractivity contribution is 14.0. The van der Waals surface area contributed by atoms with E-state index in [1.165, 1.54) is 0 Å². The minimum Gasteiger partial charge on any atom is -0.508 e. The van der Waals surface area contributed by atoms with Crippen LogP contribution in [0.1, 0.15) is 18.1 Å². The number of rotatable bonds is 6. The van der Waals surface area contributed by atoms with E-state index in [1.54, 1.807) is 12.1 Å². The summed E-state index contributed by atoms with van der Waals surface area (Å²) < 4.78 is 0. The van der Waals surface area contributed by atoms with Gasteiger partial charge in [-0.1, -0.05) is 35.9 Å². The number of benzene rings is 2. The van der Waals surface area contributed by atoms with Gasteiger partial charge in [0, 0.05) is 18.1 Å². The van der Waals surface area contributed by atoms with E-state index in [0.29, 0.717) is 12.3 Å². The van der Waals surface area contributed by atoms with Crippen molar-refractivity contribution < 1.29 is 5.11 Å². The number of hydrogen-bond donors (Lipinski definition) is 3. The van der Waals surface area contributed by atoms with E-state index in [0.717, 1.165) is 41.6 Å². The average Bonchev–Trinajstić information content (AvgIpc) is 2.54. The minimum absolute atomic E-state index is 0. The van der Waals surface area contributed by atoms with Crippen LogP contribution in [0.15, 0.2) is 53.5 Å². The predicted octanol–water partition coefficient (Wildman–Crippen LogP) is 3.96. The van der Waals surface area contributed by atoms with Gasteiger partial charge in [-0.3, -0.25) is 0 Å². The fraction of sp³-hybridized carbons (Fsp3) is 0.278. The highest BCUT2D eigenvalue weighted by Gasteiger charge is 1.99. The normalized spacial score (nSPS) is 10.8. The number of nitrogens with zero attached hydrogens (tertiary/aromatic N) is 1. The lowest BCUT2D eigenvalue weighted by molar-refractivity contribution is 0.474. The molecule has 0 bridgehead atoms. The summed E-state index contributed by atoms with van der Waals surface area (Å²) in [6, 6.07) is 15.0. The van der Waals surface area contributed by atoms with E-state index >= 15 is 0 Å². The van der Waals surface area contributed by atoms with E-state index in [9.17, 15) is 5.11 Å². The third kappa shape index (κ3) is 7.40. The zero-order valence-corrected chi connectivity index (χ0v) is 16.7. The lowest BCUT2D eigenvalue weighted by atomic mass is 10.1. The maximum Gasteiger partial charge on any atom is 0.191 e. The lowest BCUT2D eigenvalue weighted by Gasteiger charge is -2.11. The molecule has 0 atom stereocenters. The van der Waals surface area contributed by atoms with Gasteiger partial charge in [0.15, 0.2) is 5.96 Å². The summed E-state index contributed by atoms with van der Waals surface area (Å²) in [5, 5.41) is 16.7. The van der Waals surface area contributed by atoms with Crippen LogP contribution >= 0.6 is 35.6 Å². The van der Waals surface area contributed by atoms with Gasteiger partial charge in [0.05, 0.1) is 6.54 Å². The molecule has 24 heavy (non-hydrogen) atoms. The maximum atomic E-state index is 9.47. The van der Waals surface area contributed by atoms with E-state index < -0.39 is 0 Å². The molecule has 0 radical (unpaired) electrons. The Balaban J connectivity index is 0.00000288. The van der Waals surface area contributed by atoms with Crippen molar-refractivity contribution >= 4 is 41.5 Å². The summed E-state index contributed by atoms with van der Waals surface area (Å²) in [5.41, 5.74) is 2.20. The summed E-state index contributed by atoms with van der Waals surface area (Å²) in [4.78, 5) is 4.56. The lowest BCUT2D eigenvalue weighted by Crippen LogP contribution is -2.38. The van der Waals surface area contributed by atoms with E-state index in [4.69, 9.17) is 11.6 Å². The van der Waals surface area contributed by atoms with Crippen LogP contribution in [0.3, 0.4) is 0 Å². The highest BCUT2D eigenvalue weighted by Crippen LogP contribution is 2.11. The molecule has 0 aliphatic rings. The second-order valence-corrected chi connectivity index (χ2v) is 5.60. The molecule has 2 rings (SSSR count). The molecule has 0 aliphatic carbocycles. The van der Waals surface area contributed by atoms with Gasteiger partial charge in [-0.25, -0.2) is 4.99 Å². The summed E-state index contributed by atoms with van der Waals surface area (Å²) in [5.74, 6) is 1.08. The third-order valence-corrected chi connectivity index (χ3v) is 3.55. The summed E-state index contributed by atoms with van der Waals surface area (Å²) in [7, 11) is 0. The number of hydrogen-bond acceptors (Lipinski definition) is 2. The van der Waals surface area contributed by atoms with Crippen molar-refractivity contribution in [2.24, 2.45) is 4.99 Å². The van der Waals surface area contributed by atoms with E-state index in [-0.39, 0.29) is 24.0 Å². The highest BCUT2D eigenvalue weighted by atomic mass is 127. The van der Waals surface area contributed by atoms with Crippen molar-refractivity contribution in [3.8, 4) is 5.75 Å². The maximum absolute atomic E-state index is 9.47. The van der Waals surface area contributed by atoms with Crippen LogP contribution in [-0.2, 0) is 13.0 Å². The first-order valence-corrected chi connectivity index (χ1v) is 8.09. The first-order valence-electron chi connectivity index (χ1n) is 7.72. The number of nitrogens with one attached hydrogen (secondary N) is 2. The van der Waals surface area contributed by atoms with Gasteiger partial charge in [-0.2, -0.15) is 0 Å². The van der Waals surface area contributed by atoms with Crippen molar-refractivity contribution in [2.45, 2.75) is 19.9 Å². The van der Waals surface area contributed by atoms with Crippen molar-refractivity contribution in [1.29, 1.82) is 0 Å². The SMILES string of the molecule is CCNC(=NCc1ccc(Cl)cc1)NCCc1cccc(O)c1.I. The van der Waals surface area contributed by atoms with Crippen molar-refractivity contribution in [3.05, 3.63) is 64.7 Å². The van der Waals surface area contributed by atoms with Gasteiger partial charge in [0.25, 0.3) is 0 Å². The topological polar surface area (TPSA) is 56.7 Å². The smallest absolute Gasteiger partial charge is 0.191 e. The first-order chi connectivity index (χ1) is 11.2. The molecule has 0 aliphatic heterocycles. The van der Waals surface area contributed by atoms with Crippen LogP contribution < -0.4 is 10.6 Å². The van der Waals surface area contributed by atoms with E-state index in [2.05, 4.69) is 15.6 Å². The Morgan fingerprint density at radius 3 is 2.50 bits per heavy atom. The number of phenols is 1. The van der Waals surface area contributed by atoms with Gasteiger partial charge < -0.3 is 15.7 Å². The number of halogens is 2. The van der Waals surface area contributed by atoms with Gasteiger partial charge in [0.1, 0.15) is 5.75 Å². The molecular formula is C18H23ClIN3O. The molecule has 0 fully saturated rings. The van der Waals surface area contributed by atoms with Gasteiger partial charge in [-0.15, -0.1) is 24.0 Å². The Kier molecular flexibility index (Phi) is 9.56. The molecule has 130 valence electrons. The second-order valence-electron chi connectivity index (χ2n) is 5.17. The van der Waals surface area contributed by atoms with Crippen LogP contribution in [0, 0.1) is 0 Å². The van der Waals surface area contributed by atoms with Crippen molar-refractivity contribution in [2.75, 3.05) is 13.1 Å². The molecule has 6 heteroatoms. The van der Waals surface area contributed by atoms with Crippen molar-refractivity contribution in [1.82, 2.24) is 10.6 Å². The Bertz CT molecular complexity index is 647. The quantitative estimate of drug-likeness (QED) is 0.348. The molecule has 0 saturated carbocycles. The van der Waals surface area contributed by atoms with Crippen LogP contribution in [0.5, 0.6) is 5.75 Å². The molecule has 0 unspecified atom stereocenters. The second kappa shape index (κ2) is 11.1. The molecule has 0 amide bonds. The molecular weight excluding hydrogens is 437 g/mol. The zero-order valence-electron chi connectivity index (χ0n) is 13.6. The number of guanidine groups is 1. The minimum atomic E-state index is 0. The number of aliphatic imine (C=N–C) groups is 1. The van der Waals surface area contributed by atoms with Crippen LogP contribution in [-0.4, -0.2) is 24.2 Å². The Morgan fingerprint density at radius 1 is 1.08 bits per heavy atom. The molecule has 0 saturated heterocycles. The number of aromatic hydroxyl groups is 1. The number of phenolic OH excluding ortho intramolecular Hbond substituents is 1. The van der Waals surface area contributed by atoms with Crippen LogP contribution in [0.4, 0.5) is 0 Å². The Morgan fingerprint density at radius 2 is 1.83 bits per heavy atom. The Hall–Kier alpha value is -1.47. The summed E-state index contributed by atoms with van der Waals surface area (Å²) in [6.45, 7) is 4.18. The Labute approximate surface area is 165 Å². The van der Waals surface area contributed by atoms with Gasteiger partial charge in [0.2, 0.25) is 0 Å².